The highest BCUT2D eigenvalue weighted by Gasteiger charge is 2.13. The molecule has 0 spiro atoms. The molecule has 0 saturated carbocycles. The van der Waals surface area contributed by atoms with Crippen LogP contribution in [0.5, 0.6) is 0 Å². The summed E-state index contributed by atoms with van der Waals surface area (Å²) in [5.74, 6) is 1.16. The predicted molar refractivity (Wildman–Crippen MR) is 62.3 cm³/mol. The van der Waals surface area contributed by atoms with Gasteiger partial charge in [0.25, 0.3) is 0 Å². The number of nitrogens with zero attached hydrogens (tertiary/aromatic N) is 3. The molecule has 0 bridgehead atoms. The minimum atomic E-state index is 0.308. The van der Waals surface area contributed by atoms with Crippen LogP contribution in [0, 0.1) is 0 Å². The van der Waals surface area contributed by atoms with Crippen LogP contribution in [0.3, 0.4) is 0 Å². The van der Waals surface area contributed by atoms with E-state index in [9.17, 15) is 0 Å². The third-order valence-corrected chi connectivity index (χ3v) is 2.54. The van der Waals surface area contributed by atoms with Crippen LogP contribution in [0.25, 0.3) is 0 Å². The molecule has 2 N–H and O–H groups in total. The maximum Gasteiger partial charge on any atom is 0.222 e. The van der Waals surface area contributed by atoms with E-state index in [2.05, 4.69) is 51.6 Å². The van der Waals surface area contributed by atoms with E-state index in [1.807, 2.05) is 0 Å². The van der Waals surface area contributed by atoms with Crippen molar-refractivity contribution < 1.29 is 0 Å². The number of halogens is 1. The van der Waals surface area contributed by atoms with Gasteiger partial charge in [0, 0.05) is 18.8 Å². The molecule has 1 aromatic rings. The highest BCUT2D eigenvalue weighted by atomic mass is 79.9. The first-order chi connectivity index (χ1) is 6.56. The van der Waals surface area contributed by atoms with Crippen molar-refractivity contribution >= 4 is 27.7 Å². The van der Waals surface area contributed by atoms with Crippen molar-refractivity contribution in [3.05, 3.63) is 10.7 Å². The van der Waals surface area contributed by atoms with E-state index in [0.29, 0.717) is 12.0 Å². The summed E-state index contributed by atoms with van der Waals surface area (Å²) >= 11 is 3.42. The largest absolute Gasteiger partial charge is 0.368 e. The van der Waals surface area contributed by atoms with Crippen LogP contribution in [0.2, 0.25) is 0 Å². The number of hydrogen-bond donors (Lipinski definition) is 1. The Labute approximate surface area is 92.7 Å². The van der Waals surface area contributed by atoms with Crippen LogP contribution >= 0.6 is 15.9 Å². The number of nitrogens with two attached hydrogens (primary N) is 1. The molecule has 5 heteroatoms. The number of hydrogen-bond acceptors (Lipinski definition) is 4. The first-order valence-corrected chi connectivity index (χ1v) is 5.40. The van der Waals surface area contributed by atoms with Gasteiger partial charge in [0.2, 0.25) is 5.95 Å². The first kappa shape index (κ1) is 11.2. The fraction of sp³-hybridized carbons (Fsp3) is 0.556. The van der Waals surface area contributed by atoms with Gasteiger partial charge < -0.3 is 10.6 Å². The fourth-order valence-corrected chi connectivity index (χ4v) is 1.75. The summed E-state index contributed by atoms with van der Waals surface area (Å²) in [5.41, 5.74) is 5.55. The van der Waals surface area contributed by atoms with Gasteiger partial charge in [-0.05, 0) is 36.7 Å². The lowest BCUT2D eigenvalue weighted by atomic mass is 10.3. The molecular weight excluding hydrogens is 244 g/mol. The summed E-state index contributed by atoms with van der Waals surface area (Å²) in [6, 6.07) is 0.394. The van der Waals surface area contributed by atoms with E-state index >= 15 is 0 Å². The van der Waals surface area contributed by atoms with Gasteiger partial charge in [-0.1, -0.05) is 0 Å². The molecule has 78 valence electrons. The zero-order valence-corrected chi connectivity index (χ0v) is 10.2. The Morgan fingerprint density at radius 1 is 1.57 bits per heavy atom. The Kier molecular flexibility index (Phi) is 3.69. The van der Waals surface area contributed by atoms with E-state index in [1.54, 1.807) is 6.20 Å². The summed E-state index contributed by atoms with van der Waals surface area (Å²) in [4.78, 5) is 10.3. The molecule has 1 rings (SSSR count). The Bertz CT molecular complexity index is 314. The smallest absolute Gasteiger partial charge is 0.222 e. The zero-order chi connectivity index (χ0) is 10.7. The van der Waals surface area contributed by atoms with E-state index < -0.39 is 0 Å². The Hall–Kier alpha value is -0.840. The Morgan fingerprint density at radius 3 is 2.71 bits per heavy atom. The van der Waals surface area contributed by atoms with Crippen LogP contribution in [0.15, 0.2) is 10.7 Å². The van der Waals surface area contributed by atoms with E-state index in [1.165, 1.54) is 0 Å². The molecule has 0 fully saturated rings. The van der Waals surface area contributed by atoms with Gasteiger partial charge >= 0.3 is 0 Å². The topological polar surface area (TPSA) is 55.0 Å². The highest BCUT2D eigenvalue weighted by molar-refractivity contribution is 9.10. The molecule has 0 aromatic carbocycles. The summed E-state index contributed by atoms with van der Waals surface area (Å²) in [7, 11) is 0. The van der Waals surface area contributed by atoms with Crippen LogP contribution in [-0.2, 0) is 0 Å². The molecule has 0 aliphatic rings. The standard InChI is InChI=1S/C9H15BrN4/c1-4-14(6(2)3)8-7(10)5-12-9(11)13-8/h5-6H,4H2,1-3H3,(H2,11,12,13). The lowest BCUT2D eigenvalue weighted by Gasteiger charge is -2.27. The maximum atomic E-state index is 5.55. The van der Waals surface area contributed by atoms with E-state index in [4.69, 9.17) is 5.73 Å². The molecule has 14 heavy (non-hydrogen) atoms. The van der Waals surface area contributed by atoms with Gasteiger partial charge in [-0.15, -0.1) is 0 Å². The average Bonchev–Trinajstić information content (AvgIpc) is 2.11. The van der Waals surface area contributed by atoms with Crippen LogP contribution in [0.1, 0.15) is 20.8 Å². The van der Waals surface area contributed by atoms with Gasteiger partial charge in [-0.2, -0.15) is 4.98 Å². The molecule has 0 aliphatic heterocycles. The monoisotopic (exact) mass is 258 g/mol. The molecule has 1 heterocycles. The number of nitrogen functional groups attached to an aromatic ring is 1. The normalized spacial score (nSPS) is 10.6. The van der Waals surface area contributed by atoms with Gasteiger partial charge in [0.15, 0.2) is 0 Å². The number of anilines is 2. The Morgan fingerprint density at radius 2 is 2.21 bits per heavy atom. The molecule has 0 aliphatic carbocycles. The van der Waals surface area contributed by atoms with Crippen molar-refractivity contribution in [2.24, 2.45) is 0 Å². The third kappa shape index (κ3) is 2.35. The summed E-state index contributed by atoms with van der Waals surface area (Å²) in [6.07, 6.45) is 1.68. The average molecular weight is 259 g/mol. The van der Waals surface area contributed by atoms with Crippen molar-refractivity contribution in [2.45, 2.75) is 26.8 Å². The quantitative estimate of drug-likeness (QED) is 0.902. The van der Waals surface area contributed by atoms with Crippen LogP contribution in [0.4, 0.5) is 11.8 Å². The van der Waals surface area contributed by atoms with Crippen molar-refractivity contribution in [3.8, 4) is 0 Å². The summed E-state index contributed by atoms with van der Waals surface area (Å²) in [5, 5.41) is 0. The van der Waals surface area contributed by atoms with Crippen molar-refractivity contribution in [1.29, 1.82) is 0 Å². The maximum absolute atomic E-state index is 5.55. The minimum Gasteiger partial charge on any atom is -0.368 e. The molecular formula is C9H15BrN4. The van der Waals surface area contributed by atoms with Crippen LogP contribution < -0.4 is 10.6 Å². The molecule has 0 radical (unpaired) electrons. The van der Waals surface area contributed by atoms with E-state index in [-0.39, 0.29) is 0 Å². The third-order valence-electron chi connectivity index (χ3n) is 1.98. The Balaban J connectivity index is 3.08. The zero-order valence-electron chi connectivity index (χ0n) is 8.66. The lowest BCUT2D eigenvalue weighted by Crippen LogP contribution is -2.31. The van der Waals surface area contributed by atoms with Gasteiger partial charge in [0.05, 0.1) is 4.47 Å². The van der Waals surface area contributed by atoms with Crippen molar-refractivity contribution in [2.75, 3.05) is 17.2 Å². The highest BCUT2D eigenvalue weighted by Crippen LogP contribution is 2.24. The van der Waals surface area contributed by atoms with Crippen molar-refractivity contribution in [1.82, 2.24) is 9.97 Å². The molecule has 4 nitrogen and oxygen atoms in total. The molecule has 0 amide bonds. The van der Waals surface area contributed by atoms with Gasteiger partial charge in [-0.3, -0.25) is 0 Å². The first-order valence-electron chi connectivity index (χ1n) is 4.61. The summed E-state index contributed by atoms with van der Waals surface area (Å²) in [6.45, 7) is 7.22. The lowest BCUT2D eigenvalue weighted by molar-refractivity contribution is 0.691. The second-order valence-corrected chi connectivity index (χ2v) is 4.13. The molecule has 0 atom stereocenters. The second kappa shape index (κ2) is 4.59. The van der Waals surface area contributed by atoms with Crippen LogP contribution in [-0.4, -0.2) is 22.6 Å². The van der Waals surface area contributed by atoms with Gasteiger partial charge in [-0.25, -0.2) is 4.98 Å². The van der Waals surface area contributed by atoms with E-state index in [0.717, 1.165) is 16.8 Å². The molecule has 0 unspecified atom stereocenters. The minimum absolute atomic E-state index is 0.308. The van der Waals surface area contributed by atoms with Gasteiger partial charge in [0.1, 0.15) is 5.82 Å². The van der Waals surface area contributed by atoms with Crippen molar-refractivity contribution in [3.63, 3.8) is 0 Å². The molecule has 1 aromatic heterocycles. The number of aromatic nitrogens is 2. The summed E-state index contributed by atoms with van der Waals surface area (Å²) < 4.78 is 0.877. The second-order valence-electron chi connectivity index (χ2n) is 3.28. The SMILES string of the molecule is CCN(c1nc(N)ncc1Br)C(C)C. The predicted octanol–water partition coefficient (Wildman–Crippen LogP) is 2.06. The molecule has 0 saturated heterocycles. The fourth-order valence-electron chi connectivity index (χ4n) is 1.33. The number of rotatable bonds is 3.